The number of hydrogen-bond acceptors (Lipinski definition) is 6. The maximum Gasteiger partial charge on any atom is 0.227 e. The minimum absolute atomic E-state index is 0.545. The molecule has 28 heavy (non-hydrogen) atoms. The minimum atomic E-state index is 0.545. The Morgan fingerprint density at radius 1 is 0.929 bits per heavy atom. The number of hydrogen-bond donors (Lipinski definition) is 0. The predicted octanol–water partition coefficient (Wildman–Crippen LogP) is 2.82. The third-order valence-corrected chi connectivity index (χ3v) is 6.31. The Balaban J connectivity index is 1.55. The molecule has 2 fully saturated rings. The molecule has 0 unspecified atom stereocenters. The minimum Gasteiger partial charge on any atom is -0.378 e. The fraction of sp³-hybridized carbons (Fsp3) is 0.545. The molecule has 6 heteroatoms. The molecule has 0 atom stereocenters. The fourth-order valence-corrected chi connectivity index (χ4v) is 4.65. The lowest BCUT2D eigenvalue weighted by Gasteiger charge is -2.32. The summed E-state index contributed by atoms with van der Waals surface area (Å²) in [4.78, 5) is 17.3. The van der Waals surface area contributed by atoms with Crippen LogP contribution in [0.2, 0.25) is 0 Å². The second-order valence-corrected chi connectivity index (χ2v) is 8.13. The van der Waals surface area contributed by atoms with Gasteiger partial charge in [-0.05, 0) is 51.5 Å². The van der Waals surface area contributed by atoms with E-state index in [1.54, 1.807) is 0 Å². The van der Waals surface area contributed by atoms with Crippen LogP contribution < -0.4 is 9.80 Å². The zero-order valence-corrected chi connectivity index (χ0v) is 16.7. The van der Waals surface area contributed by atoms with Crippen molar-refractivity contribution < 1.29 is 4.74 Å². The first-order valence-corrected chi connectivity index (χ1v) is 10.5. The van der Waals surface area contributed by atoms with Crippen molar-refractivity contribution in [1.82, 2.24) is 14.9 Å². The zero-order chi connectivity index (χ0) is 18.9. The van der Waals surface area contributed by atoms with Gasteiger partial charge in [-0.15, -0.1) is 0 Å². The highest BCUT2D eigenvalue weighted by Gasteiger charge is 2.32. The van der Waals surface area contributed by atoms with Crippen molar-refractivity contribution in [2.45, 2.75) is 25.2 Å². The smallest absolute Gasteiger partial charge is 0.227 e. The van der Waals surface area contributed by atoms with Crippen molar-refractivity contribution in [1.29, 1.82) is 0 Å². The molecule has 0 aliphatic carbocycles. The number of anilines is 3. The third kappa shape index (κ3) is 3.35. The van der Waals surface area contributed by atoms with Gasteiger partial charge in [0.05, 0.1) is 18.9 Å². The topological polar surface area (TPSA) is 44.7 Å². The normalized spacial score (nSPS) is 21.2. The van der Waals surface area contributed by atoms with Crippen molar-refractivity contribution >= 4 is 17.5 Å². The van der Waals surface area contributed by atoms with E-state index < -0.39 is 0 Å². The third-order valence-electron chi connectivity index (χ3n) is 6.31. The molecule has 0 radical (unpaired) electrons. The van der Waals surface area contributed by atoms with Crippen LogP contribution in [0, 0.1) is 0 Å². The van der Waals surface area contributed by atoms with Gasteiger partial charge in [-0.1, -0.05) is 18.2 Å². The highest BCUT2D eigenvalue weighted by atomic mass is 16.5. The van der Waals surface area contributed by atoms with Gasteiger partial charge in [0, 0.05) is 36.8 Å². The maximum absolute atomic E-state index is 5.55. The lowest BCUT2D eigenvalue weighted by Crippen LogP contribution is -2.38. The molecule has 6 nitrogen and oxygen atoms in total. The molecule has 2 aromatic rings. The lowest BCUT2D eigenvalue weighted by atomic mass is 9.90. The van der Waals surface area contributed by atoms with E-state index in [-0.39, 0.29) is 0 Å². The van der Waals surface area contributed by atoms with Gasteiger partial charge >= 0.3 is 0 Å². The fourth-order valence-electron chi connectivity index (χ4n) is 4.65. The molecule has 0 spiro atoms. The molecule has 0 bridgehead atoms. The number of benzene rings is 1. The molecule has 1 aromatic carbocycles. The van der Waals surface area contributed by atoms with Gasteiger partial charge in [0.1, 0.15) is 5.82 Å². The van der Waals surface area contributed by atoms with Crippen molar-refractivity contribution in [2.24, 2.45) is 0 Å². The van der Waals surface area contributed by atoms with Crippen molar-refractivity contribution in [3.8, 4) is 0 Å². The molecule has 0 N–H and O–H groups in total. The number of likely N-dealkylation sites (tertiary alicyclic amines) is 1. The number of morpholine rings is 1. The van der Waals surface area contributed by atoms with Crippen LogP contribution in [0.25, 0.3) is 0 Å². The van der Waals surface area contributed by atoms with Crippen LogP contribution in [0.1, 0.15) is 30.0 Å². The summed E-state index contributed by atoms with van der Waals surface area (Å²) < 4.78 is 5.55. The monoisotopic (exact) mass is 379 g/mol. The Hall–Kier alpha value is -2.18. The van der Waals surface area contributed by atoms with E-state index in [1.807, 2.05) is 0 Å². The van der Waals surface area contributed by atoms with Crippen LogP contribution >= 0.6 is 0 Å². The summed E-state index contributed by atoms with van der Waals surface area (Å²) >= 11 is 0. The number of aromatic nitrogens is 2. The standard InChI is InChI=1S/C22H29N5O/c1-25-10-7-17(8-11-25)20-19-9-12-27(18-5-3-2-4-6-18)21(19)24-22(23-20)26-13-15-28-16-14-26/h2-6,17H,7-16H2,1H3. The van der Waals surface area contributed by atoms with Crippen LogP contribution in [-0.2, 0) is 11.2 Å². The summed E-state index contributed by atoms with van der Waals surface area (Å²) in [5.74, 6) is 2.55. The van der Waals surface area contributed by atoms with E-state index in [4.69, 9.17) is 14.7 Å². The molecule has 1 aromatic heterocycles. The molecule has 3 aliphatic heterocycles. The molecule has 0 saturated carbocycles. The number of para-hydroxylation sites is 1. The van der Waals surface area contributed by atoms with Gasteiger partial charge in [-0.25, -0.2) is 4.98 Å². The van der Waals surface area contributed by atoms with Crippen molar-refractivity contribution in [3.63, 3.8) is 0 Å². The number of rotatable bonds is 3. The average Bonchev–Trinajstić information content (AvgIpc) is 3.19. The second-order valence-electron chi connectivity index (χ2n) is 8.13. The highest BCUT2D eigenvalue weighted by molar-refractivity contribution is 5.68. The molecular weight excluding hydrogens is 350 g/mol. The quantitative estimate of drug-likeness (QED) is 0.817. The van der Waals surface area contributed by atoms with Gasteiger partial charge in [-0.3, -0.25) is 0 Å². The first kappa shape index (κ1) is 17.9. The Bertz CT molecular complexity index is 813. The van der Waals surface area contributed by atoms with Gasteiger partial charge in [0.15, 0.2) is 0 Å². The highest BCUT2D eigenvalue weighted by Crippen LogP contribution is 2.40. The lowest BCUT2D eigenvalue weighted by molar-refractivity contribution is 0.122. The Labute approximate surface area is 167 Å². The predicted molar refractivity (Wildman–Crippen MR) is 112 cm³/mol. The molecule has 5 rings (SSSR count). The molecule has 0 amide bonds. The van der Waals surface area contributed by atoms with Gasteiger partial charge in [0.25, 0.3) is 0 Å². The molecule has 2 saturated heterocycles. The summed E-state index contributed by atoms with van der Waals surface area (Å²) in [7, 11) is 2.22. The van der Waals surface area contributed by atoms with Gasteiger partial charge in [-0.2, -0.15) is 4.98 Å². The second kappa shape index (κ2) is 7.68. The average molecular weight is 380 g/mol. The maximum atomic E-state index is 5.55. The number of ether oxygens (including phenoxy) is 1. The van der Waals surface area contributed by atoms with E-state index in [9.17, 15) is 0 Å². The van der Waals surface area contributed by atoms with E-state index in [0.29, 0.717) is 5.92 Å². The number of piperidine rings is 1. The summed E-state index contributed by atoms with van der Waals surface area (Å²) in [6, 6.07) is 10.6. The van der Waals surface area contributed by atoms with Crippen molar-refractivity contribution in [2.75, 3.05) is 62.8 Å². The van der Waals surface area contributed by atoms with Crippen LogP contribution in [0.15, 0.2) is 30.3 Å². The van der Waals surface area contributed by atoms with Crippen LogP contribution in [0.5, 0.6) is 0 Å². The Morgan fingerprint density at radius 3 is 2.43 bits per heavy atom. The summed E-state index contributed by atoms with van der Waals surface area (Å²) in [5.41, 5.74) is 3.90. The van der Waals surface area contributed by atoms with Gasteiger partial charge < -0.3 is 19.4 Å². The molecule has 148 valence electrons. The summed E-state index contributed by atoms with van der Waals surface area (Å²) in [6.45, 7) is 6.55. The largest absolute Gasteiger partial charge is 0.378 e. The Morgan fingerprint density at radius 2 is 1.68 bits per heavy atom. The molecule has 4 heterocycles. The summed E-state index contributed by atoms with van der Waals surface area (Å²) in [6.07, 6.45) is 3.41. The Kier molecular flexibility index (Phi) is 4.91. The molecule has 3 aliphatic rings. The first-order valence-electron chi connectivity index (χ1n) is 10.5. The van der Waals surface area contributed by atoms with Crippen LogP contribution in [-0.4, -0.2) is 67.9 Å². The van der Waals surface area contributed by atoms with Crippen LogP contribution in [0.4, 0.5) is 17.5 Å². The van der Waals surface area contributed by atoms with E-state index in [2.05, 4.69) is 52.1 Å². The first-order chi connectivity index (χ1) is 13.8. The van der Waals surface area contributed by atoms with E-state index in [0.717, 1.165) is 64.1 Å². The van der Waals surface area contributed by atoms with Crippen LogP contribution in [0.3, 0.4) is 0 Å². The number of fused-ring (bicyclic) bond motifs is 1. The van der Waals surface area contributed by atoms with E-state index >= 15 is 0 Å². The van der Waals surface area contributed by atoms with Crippen molar-refractivity contribution in [3.05, 3.63) is 41.6 Å². The van der Waals surface area contributed by atoms with Gasteiger partial charge in [0.2, 0.25) is 5.95 Å². The zero-order valence-electron chi connectivity index (χ0n) is 16.7. The number of nitrogens with zero attached hydrogens (tertiary/aromatic N) is 5. The van der Waals surface area contributed by atoms with E-state index in [1.165, 1.54) is 29.8 Å². The molecular formula is C22H29N5O. The SMILES string of the molecule is CN1CCC(c2nc(N3CCOCC3)nc3c2CCN3c2ccccc2)CC1. The summed E-state index contributed by atoms with van der Waals surface area (Å²) in [5, 5.41) is 0.